The summed E-state index contributed by atoms with van der Waals surface area (Å²) in [5.41, 5.74) is -1.83. The molecule has 2 atom stereocenters. The minimum atomic E-state index is -4.83. The lowest BCUT2D eigenvalue weighted by Gasteiger charge is -2.19. The quantitative estimate of drug-likeness (QED) is 0.200. The summed E-state index contributed by atoms with van der Waals surface area (Å²) < 4.78 is 81.9. The van der Waals surface area contributed by atoms with Gasteiger partial charge in [0.15, 0.2) is 11.0 Å². The minimum absolute atomic E-state index is 0.00962. The number of pyridine rings is 1. The molecule has 5 nitrogen and oxygen atoms in total. The first-order valence-electron chi connectivity index (χ1n) is 11.9. The average molecular weight is 542 g/mol. The second kappa shape index (κ2) is 9.61. The van der Waals surface area contributed by atoms with E-state index in [9.17, 15) is 26.3 Å². The van der Waals surface area contributed by atoms with Crippen molar-refractivity contribution in [2.75, 3.05) is 25.4 Å². The molecule has 3 heterocycles. The lowest BCUT2D eigenvalue weighted by Crippen LogP contribution is -2.23. The van der Waals surface area contributed by atoms with E-state index in [1.807, 2.05) is 23.7 Å². The van der Waals surface area contributed by atoms with E-state index in [4.69, 9.17) is 0 Å². The van der Waals surface area contributed by atoms with Gasteiger partial charge in [-0.25, -0.2) is 0 Å². The number of rotatable bonds is 7. The van der Waals surface area contributed by atoms with E-state index in [2.05, 4.69) is 20.1 Å². The highest BCUT2D eigenvalue weighted by Gasteiger charge is 2.59. The third kappa shape index (κ3) is 5.36. The molecule has 0 radical (unpaired) electrons. The smallest absolute Gasteiger partial charge is 0.305 e. The van der Waals surface area contributed by atoms with Crippen LogP contribution in [0.15, 0.2) is 47.9 Å². The maximum atomic E-state index is 13.6. The van der Waals surface area contributed by atoms with Crippen molar-refractivity contribution in [3.63, 3.8) is 0 Å². The Kier molecular flexibility index (Phi) is 6.76. The molecule has 1 saturated carbocycles. The van der Waals surface area contributed by atoms with Gasteiger partial charge in [0, 0.05) is 37.3 Å². The summed E-state index contributed by atoms with van der Waals surface area (Å²) in [7, 11) is 1.90. The van der Waals surface area contributed by atoms with E-state index in [0.29, 0.717) is 13.0 Å². The van der Waals surface area contributed by atoms with Crippen molar-refractivity contribution in [3.05, 3.63) is 59.4 Å². The minimum Gasteiger partial charge on any atom is -0.305 e. The van der Waals surface area contributed by atoms with Crippen LogP contribution in [0.1, 0.15) is 41.9 Å². The normalized spacial score (nSPS) is 22.2. The van der Waals surface area contributed by atoms with Crippen LogP contribution in [-0.4, -0.2) is 50.0 Å². The summed E-state index contributed by atoms with van der Waals surface area (Å²) in [5.74, 6) is 1.18. The molecule has 2 aromatic heterocycles. The SMILES string of the molecule is Cn1c(SCCCN2CCC3(CC3c3ccc(C(F)(F)F)cc3C(F)(F)F)C2)nnc1-c1cccnc1. The predicted molar refractivity (Wildman–Crippen MR) is 127 cm³/mol. The number of thioether (sulfide) groups is 1. The number of halogens is 6. The highest BCUT2D eigenvalue weighted by atomic mass is 32.2. The average Bonchev–Trinajstić information content (AvgIpc) is 3.18. The molecule has 0 amide bonds. The molecule has 5 rings (SSSR count). The van der Waals surface area contributed by atoms with Gasteiger partial charge in [-0.1, -0.05) is 17.8 Å². The van der Waals surface area contributed by atoms with Crippen LogP contribution >= 0.6 is 11.8 Å². The fraction of sp³-hybridized carbons (Fsp3) is 0.480. The van der Waals surface area contributed by atoms with Crippen LogP contribution in [0, 0.1) is 5.41 Å². The molecule has 12 heteroatoms. The van der Waals surface area contributed by atoms with Gasteiger partial charge in [-0.15, -0.1) is 10.2 Å². The Morgan fingerprint density at radius 2 is 1.89 bits per heavy atom. The Morgan fingerprint density at radius 3 is 2.59 bits per heavy atom. The van der Waals surface area contributed by atoms with Gasteiger partial charge in [0.1, 0.15) is 0 Å². The lowest BCUT2D eigenvalue weighted by molar-refractivity contribution is -0.143. The second-order valence-electron chi connectivity index (χ2n) is 9.75. The van der Waals surface area contributed by atoms with E-state index in [-0.39, 0.29) is 23.0 Å². The third-order valence-electron chi connectivity index (χ3n) is 7.32. The molecule has 0 N–H and O–H groups in total. The summed E-state index contributed by atoms with van der Waals surface area (Å²) in [6.07, 6.45) is -4.02. The Bertz CT molecular complexity index is 1260. The van der Waals surface area contributed by atoms with E-state index < -0.39 is 23.5 Å². The molecule has 2 fully saturated rings. The second-order valence-corrected chi connectivity index (χ2v) is 10.8. The number of hydrogen-bond donors (Lipinski definition) is 0. The molecule has 0 bridgehead atoms. The number of likely N-dealkylation sites (tertiary alicyclic amines) is 1. The highest BCUT2D eigenvalue weighted by molar-refractivity contribution is 7.99. The van der Waals surface area contributed by atoms with Crippen molar-refractivity contribution in [3.8, 4) is 11.4 Å². The van der Waals surface area contributed by atoms with Crippen LogP contribution in [0.5, 0.6) is 0 Å². The molecule has 2 unspecified atom stereocenters. The first kappa shape index (κ1) is 26.0. The monoisotopic (exact) mass is 541 g/mol. The summed E-state index contributed by atoms with van der Waals surface area (Å²) in [4.78, 5) is 6.35. The number of aromatic nitrogens is 4. The van der Waals surface area contributed by atoms with Crippen LogP contribution in [0.3, 0.4) is 0 Å². The molecule has 1 aromatic carbocycles. The van der Waals surface area contributed by atoms with Gasteiger partial charge in [0.25, 0.3) is 0 Å². The maximum Gasteiger partial charge on any atom is 0.416 e. The summed E-state index contributed by atoms with van der Waals surface area (Å²) in [5, 5.41) is 9.30. The van der Waals surface area contributed by atoms with Crippen LogP contribution in [0.25, 0.3) is 11.4 Å². The number of benzene rings is 1. The van der Waals surface area contributed by atoms with Crippen molar-refractivity contribution >= 4 is 11.8 Å². The van der Waals surface area contributed by atoms with Gasteiger partial charge in [0.05, 0.1) is 11.1 Å². The van der Waals surface area contributed by atoms with Crippen LogP contribution < -0.4 is 0 Å². The molecule has 1 aliphatic carbocycles. The van der Waals surface area contributed by atoms with Gasteiger partial charge in [0.2, 0.25) is 0 Å². The molecule has 1 aliphatic heterocycles. The standard InChI is InChI=1S/C25H25F6N5S/c1-35-21(16-4-2-8-32-14-16)33-34-22(35)37-11-3-9-36-10-7-23(15-36)13-20(23)18-6-5-17(24(26,27)28)12-19(18)25(29,30)31/h2,4-6,8,12,14,20H,3,7,9-11,13,15H2,1H3. The molecule has 2 aliphatic rings. The molecule has 1 spiro atoms. The Morgan fingerprint density at radius 1 is 1.08 bits per heavy atom. The Balaban J connectivity index is 1.16. The number of hydrogen-bond acceptors (Lipinski definition) is 5. The summed E-state index contributed by atoms with van der Waals surface area (Å²) in [6.45, 7) is 2.24. The Hall–Kier alpha value is -2.60. The molecule has 1 saturated heterocycles. The van der Waals surface area contributed by atoms with Gasteiger partial charge in [-0.2, -0.15) is 26.3 Å². The highest BCUT2D eigenvalue weighted by Crippen LogP contribution is 2.65. The van der Waals surface area contributed by atoms with E-state index >= 15 is 0 Å². The largest absolute Gasteiger partial charge is 0.416 e. The maximum absolute atomic E-state index is 13.6. The van der Waals surface area contributed by atoms with Crippen molar-refractivity contribution < 1.29 is 26.3 Å². The van der Waals surface area contributed by atoms with Crippen LogP contribution in [0.2, 0.25) is 0 Å². The fourth-order valence-electron chi connectivity index (χ4n) is 5.33. The topological polar surface area (TPSA) is 46.8 Å². The molecular weight excluding hydrogens is 516 g/mol. The van der Waals surface area contributed by atoms with Crippen LogP contribution in [0.4, 0.5) is 26.3 Å². The summed E-state index contributed by atoms with van der Waals surface area (Å²) >= 11 is 1.59. The van der Waals surface area contributed by atoms with Crippen molar-refractivity contribution in [1.82, 2.24) is 24.6 Å². The fourth-order valence-corrected chi connectivity index (χ4v) is 6.17. The molecular formula is C25H25F6N5S. The number of alkyl halides is 6. The number of nitrogens with zero attached hydrogens (tertiary/aromatic N) is 5. The third-order valence-corrected chi connectivity index (χ3v) is 8.43. The van der Waals surface area contributed by atoms with E-state index in [0.717, 1.165) is 60.4 Å². The van der Waals surface area contributed by atoms with Crippen molar-refractivity contribution in [2.24, 2.45) is 12.5 Å². The van der Waals surface area contributed by atoms with Gasteiger partial charge in [-0.05, 0) is 73.5 Å². The zero-order valence-corrected chi connectivity index (χ0v) is 20.8. The molecule has 37 heavy (non-hydrogen) atoms. The zero-order valence-electron chi connectivity index (χ0n) is 20.0. The lowest BCUT2D eigenvalue weighted by atomic mass is 9.93. The van der Waals surface area contributed by atoms with Crippen molar-refractivity contribution in [1.29, 1.82) is 0 Å². The van der Waals surface area contributed by atoms with Gasteiger partial charge >= 0.3 is 12.4 Å². The van der Waals surface area contributed by atoms with Crippen LogP contribution in [-0.2, 0) is 19.4 Å². The molecule has 198 valence electrons. The summed E-state index contributed by atoms with van der Waals surface area (Å²) in [6, 6.07) is 5.82. The van der Waals surface area contributed by atoms with E-state index in [1.165, 1.54) is 0 Å². The van der Waals surface area contributed by atoms with Gasteiger partial charge < -0.3 is 9.47 Å². The van der Waals surface area contributed by atoms with Crippen molar-refractivity contribution in [2.45, 2.75) is 42.7 Å². The Labute approximate surface area is 214 Å². The van der Waals surface area contributed by atoms with Gasteiger partial charge in [-0.3, -0.25) is 4.98 Å². The first-order chi connectivity index (χ1) is 17.5. The zero-order chi connectivity index (χ0) is 26.4. The molecule has 3 aromatic rings. The predicted octanol–water partition coefficient (Wildman–Crippen LogP) is 6.28. The van der Waals surface area contributed by atoms with E-state index in [1.54, 1.807) is 24.2 Å². The first-order valence-corrected chi connectivity index (χ1v) is 12.9.